The first-order chi connectivity index (χ1) is 11.8. The van der Waals surface area contributed by atoms with Gasteiger partial charge in [0.15, 0.2) is 5.82 Å². The van der Waals surface area contributed by atoms with Crippen LogP contribution in [0.15, 0.2) is 40.8 Å². The van der Waals surface area contributed by atoms with Gasteiger partial charge >= 0.3 is 0 Å². The second-order valence-electron chi connectivity index (χ2n) is 5.84. The number of rotatable bonds is 4. The van der Waals surface area contributed by atoms with E-state index < -0.39 is 0 Å². The van der Waals surface area contributed by atoms with Crippen LogP contribution < -0.4 is 4.74 Å². The molecule has 1 aromatic carbocycles. The van der Waals surface area contributed by atoms with Crippen molar-refractivity contribution in [1.82, 2.24) is 9.97 Å². The summed E-state index contributed by atoms with van der Waals surface area (Å²) >= 11 is 1.78. The van der Waals surface area contributed by atoms with E-state index in [1.165, 1.54) is 23.3 Å². The number of aromatic nitrogens is 2. The highest BCUT2D eigenvalue weighted by atomic mass is 32.1. The highest BCUT2D eigenvalue weighted by Crippen LogP contribution is 2.39. The molecule has 0 spiro atoms. The van der Waals surface area contributed by atoms with Crippen molar-refractivity contribution in [3.8, 4) is 5.75 Å². The number of nitrogens with zero attached hydrogens (tertiary/aromatic N) is 4. The standard InChI is InChI=1S/C18H18N4OS/c1-23-13-6-4-5-12(9-13)10-21-22-17-16-14-7-2-3-8-15(14)24-18(16)20-11-19-17/h4-6,9,11H,2-3,7-8,10H2,1H3. The van der Waals surface area contributed by atoms with E-state index in [-0.39, 0.29) is 0 Å². The molecule has 1 aliphatic carbocycles. The van der Waals surface area contributed by atoms with Crippen molar-refractivity contribution in [3.05, 3.63) is 46.6 Å². The molecule has 0 radical (unpaired) electrons. The quantitative estimate of drug-likeness (QED) is 0.638. The summed E-state index contributed by atoms with van der Waals surface area (Å²) in [6, 6.07) is 7.87. The average Bonchev–Trinajstić information content (AvgIpc) is 3.01. The molecule has 6 heteroatoms. The maximum atomic E-state index is 5.24. The summed E-state index contributed by atoms with van der Waals surface area (Å²) in [5.74, 6) is 1.53. The molecule has 0 unspecified atom stereocenters. The number of hydrogen-bond acceptors (Lipinski definition) is 6. The summed E-state index contributed by atoms with van der Waals surface area (Å²) in [7, 11) is 1.66. The molecule has 4 rings (SSSR count). The fourth-order valence-corrected chi connectivity index (χ4v) is 4.33. The number of ether oxygens (including phenoxy) is 1. The van der Waals surface area contributed by atoms with Gasteiger partial charge in [-0.1, -0.05) is 12.1 Å². The number of thiophene rings is 1. The Morgan fingerprint density at radius 3 is 3.04 bits per heavy atom. The fourth-order valence-electron chi connectivity index (χ4n) is 3.10. The SMILES string of the molecule is COc1cccc(CN=Nc2ncnc3sc4c(c23)CCCC4)c1. The zero-order chi connectivity index (χ0) is 16.4. The third kappa shape index (κ3) is 2.89. The fraction of sp³-hybridized carbons (Fsp3) is 0.333. The average molecular weight is 338 g/mol. The van der Waals surface area contributed by atoms with Crippen LogP contribution in [0.3, 0.4) is 0 Å². The van der Waals surface area contributed by atoms with Crippen LogP contribution in [-0.2, 0) is 19.4 Å². The summed E-state index contributed by atoms with van der Waals surface area (Å²) in [5.41, 5.74) is 2.45. The Kier molecular flexibility index (Phi) is 4.21. The topological polar surface area (TPSA) is 59.7 Å². The molecule has 1 aliphatic rings. The van der Waals surface area contributed by atoms with Crippen LogP contribution in [0.2, 0.25) is 0 Å². The van der Waals surface area contributed by atoms with Crippen molar-refractivity contribution in [2.75, 3.05) is 7.11 Å². The number of hydrogen-bond donors (Lipinski definition) is 0. The first kappa shape index (κ1) is 15.2. The van der Waals surface area contributed by atoms with Gasteiger partial charge in [0.25, 0.3) is 0 Å². The summed E-state index contributed by atoms with van der Waals surface area (Å²) in [6.07, 6.45) is 6.33. The lowest BCUT2D eigenvalue weighted by atomic mass is 9.97. The van der Waals surface area contributed by atoms with Gasteiger partial charge in [-0.2, -0.15) is 5.11 Å². The van der Waals surface area contributed by atoms with Gasteiger partial charge in [-0.25, -0.2) is 9.97 Å². The van der Waals surface area contributed by atoms with Crippen LogP contribution in [0.4, 0.5) is 5.82 Å². The van der Waals surface area contributed by atoms with Crippen molar-refractivity contribution < 1.29 is 4.74 Å². The summed E-state index contributed by atoms with van der Waals surface area (Å²) < 4.78 is 5.24. The lowest BCUT2D eigenvalue weighted by Crippen LogP contribution is -1.98. The predicted molar refractivity (Wildman–Crippen MR) is 95.3 cm³/mol. The van der Waals surface area contributed by atoms with Crippen molar-refractivity contribution in [2.24, 2.45) is 10.2 Å². The van der Waals surface area contributed by atoms with E-state index in [1.54, 1.807) is 24.8 Å². The minimum absolute atomic E-state index is 0.509. The minimum atomic E-state index is 0.509. The van der Waals surface area contributed by atoms with E-state index in [1.807, 2.05) is 24.3 Å². The molecule has 2 heterocycles. The first-order valence-corrected chi connectivity index (χ1v) is 8.92. The zero-order valence-corrected chi connectivity index (χ0v) is 14.3. The molecule has 2 aromatic heterocycles. The maximum absolute atomic E-state index is 5.24. The molecule has 0 bridgehead atoms. The van der Waals surface area contributed by atoms with E-state index in [4.69, 9.17) is 4.74 Å². The zero-order valence-electron chi connectivity index (χ0n) is 13.5. The molecule has 0 N–H and O–H groups in total. The molecule has 0 amide bonds. The Morgan fingerprint density at radius 1 is 1.21 bits per heavy atom. The molecule has 0 fully saturated rings. The van der Waals surface area contributed by atoms with Crippen molar-refractivity contribution >= 4 is 27.4 Å². The van der Waals surface area contributed by atoms with Gasteiger partial charge in [0, 0.05) is 4.88 Å². The van der Waals surface area contributed by atoms with Crippen LogP contribution >= 0.6 is 11.3 Å². The van der Waals surface area contributed by atoms with Crippen LogP contribution in [0.25, 0.3) is 10.2 Å². The van der Waals surface area contributed by atoms with E-state index in [0.717, 1.165) is 34.4 Å². The second-order valence-corrected chi connectivity index (χ2v) is 6.92. The van der Waals surface area contributed by atoms with E-state index in [2.05, 4.69) is 20.2 Å². The predicted octanol–water partition coefficient (Wildman–Crippen LogP) is 4.86. The molecule has 0 saturated heterocycles. The number of methoxy groups -OCH3 is 1. The van der Waals surface area contributed by atoms with E-state index in [0.29, 0.717) is 12.4 Å². The van der Waals surface area contributed by atoms with Crippen LogP contribution in [0.1, 0.15) is 28.8 Å². The lowest BCUT2D eigenvalue weighted by molar-refractivity contribution is 0.414. The van der Waals surface area contributed by atoms with Crippen LogP contribution in [0.5, 0.6) is 5.75 Å². The summed E-state index contributed by atoms with van der Waals surface area (Å²) in [5, 5.41) is 9.86. The molecule has 5 nitrogen and oxygen atoms in total. The van der Waals surface area contributed by atoms with Crippen LogP contribution in [0, 0.1) is 0 Å². The van der Waals surface area contributed by atoms with Gasteiger partial charge in [0.05, 0.1) is 19.0 Å². The molecule has 122 valence electrons. The first-order valence-electron chi connectivity index (χ1n) is 8.11. The van der Waals surface area contributed by atoms with Gasteiger partial charge in [0.1, 0.15) is 16.9 Å². The smallest absolute Gasteiger partial charge is 0.186 e. The third-order valence-electron chi connectivity index (χ3n) is 4.28. The third-order valence-corrected chi connectivity index (χ3v) is 5.48. The highest BCUT2D eigenvalue weighted by molar-refractivity contribution is 7.18. The van der Waals surface area contributed by atoms with Gasteiger partial charge in [0.2, 0.25) is 0 Å². The molecule has 0 saturated carbocycles. The Balaban J connectivity index is 1.63. The van der Waals surface area contributed by atoms with Gasteiger partial charge in [-0.3, -0.25) is 0 Å². The van der Waals surface area contributed by atoms with Crippen molar-refractivity contribution in [3.63, 3.8) is 0 Å². The molecule has 0 aliphatic heterocycles. The Bertz CT molecular complexity index is 903. The number of azo groups is 1. The Morgan fingerprint density at radius 2 is 2.12 bits per heavy atom. The van der Waals surface area contributed by atoms with Gasteiger partial charge in [-0.05, 0) is 48.9 Å². The van der Waals surface area contributed by atoms with Gasteiger partial charge < -0.3 is 4.74 Å². The Labute approximate surface area is 144 Å². The molecule has 24 heavy (non-hydrogen) atoms. The molecular weight excluding hydrogens is 320 g/mol. The largest absolute Gasteiger partial charge is 0.497 e. The molecule has 0 atom stereocenters. The number of aryl methyl sites for hydroxylation is 2. The van der Waals surface area contributed by atoms with Gasteiger partial charge in [-0.15, -0.1) is 16.5 Å². The maximum Gasteiger partial charge on any atom is 0.186 e. The highest BCUT2D eigenvalue weighted by Gasteiger charge is 2.19. The van der Waals surface area contributed by atoms with Crippen LogP contribution in [-0.4, -0.2) is 17.1 Å². The van der Waals surface area contributed by atoms with Crippen molar-refractivity contribution in [2.45, 2.75) is 32.2 Å². The van der Waals surface area contributed by atoms with Crippen molar-refractivity contribution in [1.29, 1.82) is 0 Å². The second kappa shape index (κ2) is 6.65. The van der Waals surface area contributed by atoms with E-state index in [9.17, 15) is 0 Å². The summed E-state index contributed by atoms with van der Waals surface area (Å²) in [4.78, 5) is 11.3. The number of fused-ring (bicyclic) bond motifs is 3. The minimum Gasteiger partial charge on any atom is -0.497 e. The molecule has 3 aromatic rings. The normalized spacial score (nSPS) is 14.2. The van der Waals surface area contributed by atoms with E-state index >= 15 is 0 Å². The summed E-state index contributed by atoms with van der Waals surface area (Å²) in [6.45, 7) is 0.509. The monoisotopic (exact) mass is 338 g/mol. The number of benzene rings is 1. The Hall–Kier alpha value is -2.34. The lowest BCUT2D eigenvalue weighted by Gasteiger charge is -2.10. The molecular formula is C18H18N4OS.